The van der Waals surface area contributed by atoms with Crippen molar-refractivity contribution in [3.05, 3.63) is 71.3 Å². The summed E-state index contributed by atoms with van der Waals surface area (Å²) >= 11 is 0. The summed E-state index contributed by atoms with van der Waals surface area (Å²) in [5, 5.41) is 2.72. The van der Waals surface area contributed by atoms with Gasteiger partial charge in [-0.05, 0) is 55.3 Å². The lowest BCUT2D eigenvalue weighted by Gasteiger charge is -2.10. The molecule has 0 radical (unpaired) electrons. The van der Waals surface area contributed by atoms with Crippen LogP contribution in [0.1, 0.15) is 29.2 Å². The molecule has 0 saturated heterocycles. The van der Waals surface area contributed by atoms with Gasteiger partial charge >= 0.3 is 0 Å². The van der Waals surface area contributed by atoms with Gasteiger partial charge in [0, 0.05) is 5.30 Å². The average molecular weight is 280 g/mol. The summed E-state index contributed by atoms with van der Waals surface area (Å²) in [7, 11) is 1.26. The van der Waals surface area contributed by atoms with E-state index in [1.54, 1.807) is 0 Å². The summed E-state index contributed by atoms with van der Waals surface area (Å²) in [4.78, 5) is 0. The van der Waals surface area contributed by atoms with E-state index in [1.165, 1.54) is 41.1 Å². The molecule has 0 aliphatic rings. The minimum absolute atomic E-state index is 1.13. The van der Waals surface area contributed by atoms with Crippen LogP contribution in [0.25, 0.3) is 5.57 Å². The Labute approximate surface area is 124 Å². The highest BCUT2D eigenvalue weighted by Gasteiger charge is 2.05. The maximum Gasteiger partial charge on any atom is 0.00791 e. The molecule has 0 unspecified atom stereocenters. The highest BCUT2D eigenvalue weighted by atomic mass is 31.1. The monoisotopic (exact) mass is 280 g/mol. The van der Waals surface area contributed by atoms with Crippen LogP contribution in [0.2, 0.25) is 0 Å². The van der Waals surface area contributed by atoms with E-state index >= 15 is 0 Å². The van der Waals surface area contributed by atoms with Crippen LogP contribution in [0, 0.1) is 20.8 Å². The fraction of sp³-hybridized carbons (Fsp3) is 0.211. The summed E-state index contributed by atoms with van der Waals surface area (Å²) in [6.45, 7) is 13.0. The standard InChI is InChI=1S/C19H21P/c1-13-11-14(2)19(15(3)12-13)20-17(5)16(4)18-9-7-6-8-10-18/h6-12H,4H2,1-3,5H3. The van der Waals surface area contributed by atoms with Gasteiger partial charge in [0.2, 0.25) is 0 Å². The van der Waals surface area contributed by atoms with E-state index in [9.17, 15) is 0 Å². The van der Waals surface area contributed by atoms with E-state index in [1.807, 2.05) is 6.07 Å². The molecule has 0 aromatic heterocycles. The van der Waals surface area contributed by atoms with Crippen molar-refractivity contribution >= 4 is 24.4 Å². The van der Waals surface area contributed by atoms with Crippen molar-refractivity contribution in [2.24, 2.45) is 0 Å². The molecule has 20 heavy (non-hydrogen) atoms. The highest BCUT2D eigenvalue weighted by molar-refractivity contribution is 7.50. The summed E-state index contributed by atoms with van der Waals surface area (Å²) in [6, 6.07) is 14.9. The minimum atomic E-state index is 1.13. The molecule has 0 saturated carbocycles. The first-order valence-corrected chi connectivity index (χ1v) is 7.76. The first-order chi connectivity index (χ1) is 9.49. The lowest BCUT2D eigenvalue weighted by Crippen LogP contribution is -2.06. The molecule has 2 rings (SSSR count). The zero-order chi connectivity index (χ0) is 14.7. The maximum absolute atomic E-state index is 4.25. The van der Waals surface area contributed by atoms with Gasteiger partial charge in [-0.25, -0.2) is 0 Å². The molecule has 0 spiro atoms. The van der Waals surface area contributed by atoms with Gasteiger partial charge in [-0.1, -0.05) is 62.8 Å². The van der Waals surface area contributed by atoms with Crippen LogP contribution in [0.3, 0.4) is 0 Å². The molecule has 0 fully saturated rings. The lowest BCUT2D eigenvalue weighted by atomic mass is 10.1. The summed E-state index contributed by atoms with van der Waals surface area (Å²) in [6.07, 6.45) is 0. The molecule has 1 heteroatoms. The van der Waals surface area contributed by atoms with Crippen molar-refractivity contribution in [3.8, 4) is 0 Å². The largest absolute Gasteiger partial charge is 0.0905 e. The second-order valence-corrected chi connectivity index (χ2v) is 6.63. The number of aryl methyl sites for hydroxylation is 3. The van der Waals surface area contributed by atoms with E-state index < -0.39 is 0 Å². The first kappa shape index (κ1) is 14.8. The summed E-state index contributed by atoms with van der Waals surface area (Å²) in [5.74, 6) is 0. The molecule has 0 atom stereocenters. The molecule has 102 valence electrons. The van der Waals surface area contributed by atoms with Gasteiger partial charge in [0.15, 0.2) is 0 Å². The van der Waals surface area contributed by atoms with Gasteiger partial charge in [0.25, 0.3) is 0 Å². The van der Waals surface area contributed by atoms with E-state index in [4.69, 9.17) is 0 Å². The van der Waals surface area contributed by atoms with Crippen LogP contribution in [-0.2, 0) is 0 Å². The van der Waals surface area contributed by atoms with Gasteiger partial charge < -0.3 is 0 Å². The van der Waals surface area contributed by atoms with Crippen LogP contribution >= 0.6 is 8.20 Å². The van der Waals surface area contributed by atoms with Crippen LogP contribution in [-0.4, -0.2) is 5.29 Å². The number of rotatable bonds is 3. The molecular formula is C19H21P. The molecule has 0 amide bonds. The van der Waals surface area contributed by atoms with Crippen LogP contribution in [0.4, 0.5) is 0 Å². The second kappa shape index (κ2) is 6.20. The van der Waals surface area contributed by atoms with Gasteiger partial charge in [0.1, 0.15) is 0 Å². The Balaban J connectivity index is 2.39. The van der Waals surface area contributed by atoms with Crippen LogP contribution in [0.15, 0.2) is 49.0 Å². The Kier molecular flexibility index (Phi) is 4.57. The molecule has 0 heterocycles. The quantitative estimate of drug-likeness (QED) is 0.687. The molecule has 0 nitrogen and oxygen atoms in total. The molecular weight excluding hydrogens is 259 g/mol. The molecule has 2 aromatic carbocycles. The molecule has 0 aliphatic heterocycles. The zero-order valence-corrected chi connectivity index (χ0v) is 13.6. The predicted molar refractivity (Wildman–Crippen MR) is 93.4 cm³/mol. The Morgan fingerprint density at radius 1 is 0.950 bits per heavy atom. The van der Waals surface area contributed by atoms with Crippen molar-refractivity contribution in [1.82, 2.24) is 0 Å². The van der Waals surface area contributed by atoms with E-state index in [0.717, 1.165) is 5.57 Å². The van der Waals surface area contributed by atoms with Crippen molar-refractivity contribution in [3.63, 3.8) is 0 Å². The third kappa shape index (κ3) is 3.26. The fourth-order valence-corrected chi connectivity index (χ4v) is 3.51. The smallest absolute Gasteiger partial charge is 0.00791 e. The van der Waals surface area contributed by atoms with Gasteiger partial charge in [-0.2, -0.15) is 0 Å². The molecule has 0 bridgehead atoms. The van der Waals surface area contributed by atoms with Crippen LogP contribution in [0.5, 0.6) is 0 Å². The topological polar surface area (TPSA) is 0 Å². The summed E-state index contributed by atoms with van der Waals surface area (Å²) in [5.41, 5.74) is 6.40. The third-order valence-corrected chi connectivity index (χ3v) is 5.01. The minimum Gasteiger partial charge on any atom is -0.0905 e. The predicted octanol–water partition coefficient (Wildman–Crippen LogP) is 5.09. The van der Waals surface area contributed by atoms with Gasteiger partial charge in [-0.3, -0.25) is 0 Å². The number of benzene rings is 2. The van der Waals surface area contributed by atoms with Crippen molar-refractivity contribution in [1.29, 1.82) is 0 Å². The third-order valence-electron chi connectivity index (χ3n) is 3.47. The first-order valence-electron chi connectivity index (χ1n) is 6.87. The van der Waals surface area contributed by atoms with Crippen LogP contribution < -0.4 is 5.30 Å². The van der Waals surface area contributed by atoms with Crippen molar-refractivity contribution in [2.45, 2.75) is 27.7 Å². The fourth-order valence-electron chi connectivity index (χ4n) is 2.43. The number of hydrogen-bond donors (Lipinski definition) is 0. The molecule has 0 aliphatic carbocycles. The zero-order valence-electron chi connectivity index (χ0n) is 12.7. The molecule has 2 aromatic rings. The van der Waals surface area contributed by atoms with Crippen molar-refractivity contribution < 1.29 is 0 Å². The second-order valence-electron chi connectivity index (χ2n) is 5.29. The van der Waals surface area contributed by atoms with Crippen molar-refractivity contribution in [2.75, 3.05) is 0 Å². The number of allylic oxidation sites excluding steroid dienone is 1. The Hall–Kier alpha value is -1.65. The Morgan fingerprint density at radius 2 is 1.50 bits per heavy atom. The molecule has 0 N–H and O–H groups in total. The maximum atomic E-state index is 4.25. The summed E-state index contributed by atoms with van der Waals surface area (Å²) < 4.78 is 0. The Morgan fingerprint density at radius 3 is 2.05 bits per heavy atom. The van der Waals surface area contributed by atoms with E-state index in [2.05, 4.69) is 70.7 Å². The number of hydrogen-bond acceptors (Lipinski definition) is 0. The average Bonchev–Trinajstić information content (AvgIpc) is 2.42. The Bertz CT molecular complexity index is 640. The SMILES string of the molecule is C=C(C(C)=Pc1c(C)cc(C)cc1C)c1ccccc1. The van der Waals surface area contributed by atoms with E-state index in [0.29, 0.717) is 0 Å². The van der Waals surface area contributed by atoms with Gasteiger partial charge in [0.05, 0.1) is 0 Å². The lowest BCUT2D eigenvalue weighted by molar-refractivity contribution is 1.36. The van der Waals surface area contributed by atoms with E-state index in [-0.39, 0.29) is 0 Å². The highest BCUT2D eigenvalue weighted by Crippen LogP contribution is 2.20. The van der Waals surface area contributed by atoms with Gasteiger partial charge in [-0.15, -0.1) is 0 Å². The normalized spacial score (nSPS) is 11.5.